The van der Waals surface area contributed by atoms with E-state index in [0.29, 0.717) is 0 Å². The highest BCUT2D eigenvalue weighted by Gasteiger charge is 2.35. The second-order valence-electron chi connectivity index (χ2n) is 14.9. The van der Waals surface area contributed by atoms with Crippen molar-refractivity contribution in [3.63, 3.8) is 0 Å². The van der Waals surface area contributed by atoms with Crippen molar-refractivity contribution >= 4 is 60.8 Å². The number of hydrogen-bond donors (Lipinski definition) is 0. The average Bonchev–Trinajstić information content (AvgIpc) is 3.97. The predicted octanol–water partition coefficient (Wildman–Crippen LogP) is 12.2. The Bertz CT molecular complexity index is 3310. The highest BCUT2D eigenvalue weighted by atomic mass is 16.3. The quantitative estimate of drug-likeness (QED) is 0.186. The Morgan fingerprint density at radius 1 is 0.509 bits per heavy atom. The predicted molar refractivity (Wildman–Crippen MR) is 217 cm³/mol. The molecule has 0 aliphatic heterocycles. The van der Waals surface area contributed by atoms with E-state index in [9.17, 15) is 0 Å². The molecule has 5 heteroatoms. The fraction of sp³-hybridized carbons (Fsp3) is 0.0625. The van der Waals surface area contributed by atoms with Gasteiger partial charge in [-0.1, -0.05) is 105 Å². The minimum Gasteiger partial charge on any atom is -0.437 e. The van der Waals surface area contributed by atoms with Crippen LogP contribution in [0.2, 0.25) is 0 Å². The lowest BCUT2D eigenvalue weighted by Gasteiger charge is -2.22. The monoisotopic (exact) mass is 680 g/mol. The van der Waals surface area contributed by atoms with Crippen LogP contribution in [0.3, 0.4) is 0 Å². The van der Waals surface area contributed by atoms with E-state index in [1.54, 1.807) is 0 Å². The molecule has 0 atom stereocenters. The second kappa shape index (κ2) is 10.1. The topological polar surface area (TPSA) is 40.3 Å². The van der Waals surface area contributed by atoms with Crippen LogP contribution in [0.15, 0.2) is 162 Å². The van der Waals surface area contributed by atoms with Gasteiger partial charge in [0.05, 0.1) is 27.8 Å². The molecule has 0 bridgehead atoms. The molecule has 4 heterocycles. The van der Waals surface area contributed by atoms with Crippen LogP contribution in [0.1, 0.15) is 25.0 Å². The highest BCUT2D eigenvalue weighted by molar-refractivity contribution is 6.11. The normalized spacial score (nSPS) is 13.6. The molecule has 53 heavy (non-hydrogen) atoms. The molecule has 0 spiro atoms. The summed E-state index contributed by atoms with van der Waals surface area (Å²) in [5.74, 6) is 0.836. The van der Waals surface area contributed by atoms with Crippen molar-refractivity contribution in [2.45, 2.75) is 19.3 Å². The number of hydrogen-bond acceptors (Lipinski definition) is 2. The lowest BCUT2D eigenvalue weighted by atomic mass is 9.81. The molecule has 0 N–H and O–H groups in total. The van der Waals surface area contributed by atoms with Crippen LogP contribution in [0.5, 0.6) is 0 Å². The van der Waals surface area contributed by atoms with Gasteiger partial charge in [0.2, 0.25) is 11.5 Å². The standard InChI is InChI=1S/C48H32N4O/c1-48(2)38-14-6-3-11-33(38)34-25-21-30(27-39(34)48)29-19-22-31(23-20-29)50-41-16-8-4-12-35(41)37-28-32(24-26-42(37)50)51-45-36-13-5-10-18-44(36)53-46(45)52-43-17-9-7-15-40(43)49-47(51)52/h3-28H,1-2H3. The zero-order valence-corrected chi connectivity index (χ0v) is 29.2. The molecule has 4 aromatic heterocycles. The summed E-state index contributed by atoms with van der Waals surface area (Å²) >= 11 is 0. The van der Waals surface area contributed by atoms with Gasteiger partial charge >= 0.3 is 0 Å². The largest absolute Gasteiger partial charge is 0.437 e. The van der Waals surface area contributed by atoms with Crippen LogP contribution in [0, 0.1) is 0 Å². The summed E-state index contributed by atoms with van der Waals surface area (Å²) in [6, 6.07) is 56.9. The first kappa shape index (κ1) is 28.8. The molecule has 11 aromatic rings. The number of benzene rings is 7. The third-order valence-electron chi connectivity index (χ3n) is 11.7. The molecular weight excluding hydrogens is 649 g/mol. The summed E-state index contributed by atoms with van der Waals surface area (Å²) in [5.41, 5.74) is 17.1. The molecule has 0 saturated heterocycles. The van der Waals surface area contributed by atoms with Gasteiger partial charge in [-0.2, -0.15) is 0 Å². The van der Waals surface area contributed by atoms with E-state index in [2.05, 4.69) is 167 Å². The molecule has 250 valence electrons. The van der Waals surface area contributed by atoms with Crippen LogP contribution in [-0.4, -0.2) is 18.5 Å². The number of para-hydroxylation sites is 4. The minimum absolute atomic E-state index is 0.0301. The van der Waals surface area contributed by atoms with Crippen LogP contribution in [-0.2, 0) is 5.41 Å². The first-order chi connectivity index (χ1) is 26.0. The maximum absolute atomic E-state index is 6.54. The van der Waals surface area contributed by atoms with E-state index < -0.39 is 0 Å². The van der Waals surface area contributed by atoms with E-state index in [4.69, 9.17) is 9.40 Å². The van der Waals surface area contributed by atoms with Gasteiger partial charge < -0.3 is 8.98 Å². The first-order valence-electron chi connectivity index (χ1n) is 18.2. The van der Waals surface area contributed by atoms with Crippen LogP contribution < -0.4 is 0 Å². The Balaban J connectivity index is 1.02. The van der Waals surface area contributed by atoms with Crippen molar-refractivity contribution in [1.29, 1.82) is 0 Å². The SMILES string of the molecule is CC1(C)c2ccccc2-c2ccc(-c3ccc(-n4c5ccccc5c5cc(-n6c7c8ccccc8oc7n7c8ccccc8nc67)ccc54)cc3)cc21. The molecule has 1 aliphatic carbocycles. The van der Waals surface area contributed by atoms with Gasteiger partial charge in [0.15, 0.2) is 0 Å². The molecule has 12 rings (SSSR count). The zero-order chi connectivity index (χ0) is 35.0. The van der Waals surface area contributed by atoms with Crippen molar-refractivity contribution < 1.29 is 4.42 Å². The van der Waals surface area contributed by atoms with Crippen molar-refractivity contribution in [1.82, 2.24) is 18.5 Å². The number of rotatable bonds is 3. The summed E-state index contributed by atoms with van der Waals surface area (Å²) < 4.78 is 13.3. The van der Waals surface area contributed by atoms with Gasteiger partial charge in [0.25, 0.3) is 0 Å². The zero-order valence-electron chi connectivity index (χ0n) is 29.2. The van der Waals surface area contributed by atoms with Crippen LogP contribution >= 0.6 is 0 Å². The number of fused-ring (bicyclic) bond motifs is 13. The molecule has 1 aliphatic rings. The van der Waals surface area contributed by atoms with Crippen molar-refractivity contribution in [2.75, 3.05) is 0 Å². The smallest absolute Gasteiger partial charge is 0.232 e. The molecule has 0 amide bonds. The van der Waals surface area contributed by atoms with Crippen molar-refractivity contribution in [3.05, 3.63) is 169 Å². The maximum Gasteiger partial charge on any atom is 0.232 e. The number of nitrogens with zero attached hydrogens (tertiary/aromatic N) is 4. The van der Waals surface area contributed by atoms with Crippen molar-refractivity contribution in [2.24, 2.45) is 0 Å². The maximum atomic E-state index is 6.54. The van der Waals surface area contributed by atoms with Gasteiger partial charge in [-0.15, -0.1) is 0 Å². The Morgan fingerprint density at radius 2 is 1.19 bits per heavy atom. The molecular formula is C48H32N4O. The number of aromatic nitrogens is 4. The fourth-order valence-electron chi connectivity index (χ4n) is 9.16. The van der Waals surface area contributed by atoms with Crippen molar-refractivity contribution in [3.8, 4) is 33.6 Å². The molecule has 0 saturated carbocycles. The summed E-state index contributed by atoms with van der Waals surface area (Å²) in [4.78, 5) is 5.13. The van der Waals surface area contributed by atoms with Gasteiger partial charge in [0, 0.05) is 27.3 Å². The van der Waals surface area contributed by atoms with Gasteiger partial charge in [-0.3, -0.25) is 4.57 Å². The highest BCUT2D eigenvalue weighted by Crippen LogP contribution is 2.49. The third-order valence-corrected chi connectivity index (χ3v) is 11.7. The third kappa shape index (κ3) is 3.78. The molecule has 0 radical (unpaired) electrons. The summed E-state index contributed by atoms with van der Waals surface area (Å²) in [6.45, 7) is 4.68. The van der Waals surface area contributed by atoms with Gasteiger partial charge in [-0.05, 0) is 100 Å². The van der Waals surface area contributed by atoms with Gasteiger partial charge in [-0.25, -0.2) is 9.38 Å². The lowest BCUT2D eigenvalue weighted by molar-refractivity contribution is 0.651. The lowest BCUT2D eigenvalue weighted by Crippen LogP contribution is -2.14. The van der Waals surface area contributed by atoms with Crippen LogP contribution in [0.4, 0.5) is 0 Å². The van der Waals surface area contributed by atoms with E-state index in [0.717, 1.165) is 55.9 Å². The Hall–Kier alpha value is -6.85. The van der Waals surface area contributed by atoms with E-state index in [1.807, 2.05) is 18.2 Å². The second-order valence-corrected chi connectivity index (χ2v) is 14.9. The molecule has 7 aromatic carbocycles. The average molecular weight is 681 g/mol. The molecule has 0 fully saturated rings. The van der Waals surface area contributed by atoms with E-state index >= 15 is 0 Å². The summed E-state index contributed by atoms with van der Waals surface area (Å²) in [5, 5.41) is 3.46. The fourth-order valence-corrected chi connectivity index (χ4v) is 9.16. The first-order valence-corrected chi connectivity index (χ1v) is 18.2. The van der Waals surface area contributed by atoms with E-state index in [-0.39, 0.29) is 5.41 Å². The van der Waals surface area contributed by atoms with E-state index in [1.165, 1.54) is 49.7 Å². The number of furan rings is 1. The minimum atomic E-state index is -0.0301. The molecule has 5 nitrogen and oxygen atoms in total. The molecule has 0 unspecified atom stereocenters. The van der Waals surface area contributed by atoms with Gasteiger partial charge in [0.1, 0.15) is 11.1 Å². The van der Waals surface area contributed by atoms with Crippen LogP contribution in [0.25, 0.3) is 94.4 Å². The Kier molecular flexibility index (Phi) is 5.51. The number of imidazole rings is 2. The Morgan fingerprint density at radius 3 is 2.08 bits per heavy atom. The Labute approximate surface area is 304 Å². The summed E-state index contributed by atoms with van der Waals surface area (Å²) in [7, 11) is 0. The summed E-state index contributed by atoms with van der Waals surface area (Å²) in [6.07, 6.45) is 0.